The van der Waals surface area contributed by atoms with Gasteiger partial charge in [0.25, 0.3) is 0 Å². The molecule has 1 unspecified atom stereocenters. The van der Waals surface area contributed by atoms with Crippen molar-refractivity contribution < 1.29 is 22.7 Å². The summed E-state index contributed by atoms with van der Waals surface area (Å²) in [4.78, 5) is -0.0764. The maximum atomic E-state index is 13.2. The Morgan fingerprint density at radius 1 is 1.47 bits per heavy atom. The lowest BCUT2D eigenvalue weighted by molar-refractivity contribution is 0.173. The number of hydrogen-bond acceptors (Lipinski definition) is 4. The Balaban J connectivity index is 2.99. The van der Waals surface area contributed by atoms with Gasteiger partial charge in [-0.3, -0.25) is 0 Å². The van der Waals surface area contributed by atoms with Crippen molar-refractivity contribution in [1.82, 2.24) is 4.72 Å². The lowest BCUT2D eigenvalue weighted by Crippen LogP contribution is -2.37. The number of benzene rings is 1. The molecule has 0 aliphatic rings. The van der Waals surface area contributed by atoms with Crippen LogP contribution in [-0.4, -0.2) is 33.3 Å². The number of ether oxygens (including phenoxy) is 1. The minimum Gasteiger partial charge on any atom is -0.392 e. The molecule has 0 aliphatic carbocycles. The molecule has 0 aliphatic heterocycles. The number of methoxy groups -OCH3 is 1. The Morgan fingerprint density at radius 2 is 2.16 bits per heavy atom. The normalized spacial score (nSPS) is 13.5. The van der Waals surface area contributed by atoms with Gasteiger partial charge in [-0.1, -0.05) is 6.92 Å². The largest absolute Gasteiger partial charge is 0.392 e. The number of rotatable bonds is 7. The first-order valence-corrected chi connectivity index (χ1v) is 7.33. The van der Waals surface area contributed by atoms with Crippen LogP contribution in [0, 0.1) is 5.82 Å². The minimum atomic E-state index is -3.75. The van der Waals surface area contributed by atoms with Crippen LogP contribution in [0.3, 0.4) is 0 Å². The summed E-state index contributed by atoms with van der Waals surface area (Å²) in [6.45, 7) is 1.53. The second-order valence-corrected chi connectivity index (χ2v) is 5.81. The van der Waals surface area contributed by atoms with Gasteiger partial charge in [-0.2, -0.15) is 0 Å². The highest BCUT2D eigenvalue weighted by molar-refractivity contribution is 7.89. The van der Waals surface area contributed by atoms with Crippen molar-refractivity contribution in [3.8, 4) is 0 Å². The average molecular weight is 291 g/mol. The predicted molar refractivity (Wildman–Crippen MR) is 68.6 cm³/mol. The summed E-state index contributed by atoms with van der Waals surface area (Å²) in [6.07, 6.45) is 0.571. The zero-order valence-corrected chi connectivity index (χ0v) is 11.7. The lowest BCUT2D eigenvalue weighted by atomic mass is 10.2. The minimum absolute atomic E-state index is 0.0531. The van der Waals surface area contributed by atoms with Crippen LogP contribution < -0.4 is 4.72 Å². The molecule has 0 bridgehead atoms. The maximum absolute atomic E-state index is 13.2. The molecular weight excluding hydrogens is 273 g/mol. The second kappa shape index (κ2) is 6.95. The van der Waals surface area contributed by atoms with Gasteiger partial charge in [0.15, 0.2) is 0 Å². The van der Waals surface area contributed by atoms with Crippen LogP contribution in [0.4, 0.5) is 4.39 Å². The number of halogens is 1. The van der Waals surface area contributed by atoms with Gasteiger partial charge in [-0.05, 0) is 24.6 Å². The standard InChI is InChI=1S/C12H18FNO4S/c1-3-10(8-18-2)14-19(16,17)11-4-5-12(13)9(6-11)7-15/h4-6,10,14-15H,3,7-8H2,1-2H3. The van der Waals surface area contributed by atoms with E-state index in [1.165, 1.54) is 7.11 Å². The Kier molecular flexibility index (Phi) is 5.86. The van der Waals surface area contributed by atoms with E-state index in [1.54, 1.807) is 0 Å². The predicted octanol–water partition coefficient (Wildman–Crippen LogP) is 1.02. The van der Waals surface area contributed by atoms with Gasteiger partial charge in [-0.15, -0.1) is 0 Å². The van der Waals surface area contributed by atoms with Crippen LogP contribution in [0.15, 0.2) is 23.1 Å². The first kappa shape index (κ1) is 16.0. The molecule has 7 heteroatoms. The molecular formula is C12H18FNO4S. The van der Waals surface area contributed by atoms with E-state index < -0.39 is 22.4 Å². The highest BCUT2D eigenvalue weighted by Crippen LogP contribution is 2.15. The average Bonchev–Trinajstić information content (AvgIpc) is 2.38. The summed E-state index contributed by atoms with van der Waals surface area (Å²) in [6, 6.07) is 2.96. The number of nitrogens with one attached hydrogen (secondary N) is 1. The van der Waals surface area contributed by atoms with Crippen molar-refractivity contribution in [3.05, 3.63) is 29.6 Å². The van der Waals surface area contributed by atoms with Crippen LogP contribution in [0.1, 0.15) is 18.9 Å². The van der Waals surface area contributed by atoms with Gasteiger partial charge >= 0.3 is 0 Å². The molecule has 0 amide bonds. The summed E-state index contributed by atoms with van der Waals surface area (Å²) >= 11 is 0. The number of aliphatic hydroxyl groups excluding tert-OH is 1. The molecule has 0 saturated carbocycles. The molecule has 19 heavy (non-hydrogen) atoms. The molecule has 2 N–H and O–H groups in total. The Bertz CT molecular complexity index is 518. The lowest BCUT2D eigenvalue weighted by Gasteiger charge is -2.16. The number of sulfonamides is 1. The van der Waals surface area contributed by atoms with Gasteiger partial charge < -0.3 is 9.84 Å². The molecule has 0 radical (unpaired) electrons. The summed E-state index contributed by atoms with van der Waals surface area (Å²) in [7, 11) is -2.27. The van der Waals surface area contributed by atoms with E-state index in [0.717, 1.165) is 18.2 Å². The van der Waals surface area contributed by atoms with Gasteiger partial charge in [0.1, 0.15) is 5.82 Å². The fraction of sp³-hybridized carbons (Fsp3) is 0.500. The molecule has 1 atom stereocenters. The molecule has 0 saturated heterocycles. The zero-order valence-electron chi connectivity index (χ0n) is 10.9. The van der Waals surface area contributed by atoms with Crippen molar-refractivity contribution in [2.45, 2.75) is 30.9 Å². The summed E-state index contributed by atoms with van der Waals surface area (Å²) in [5, 5.41) is 8.95. The third kappa shape index (κ3) is 4.24. The van der Waals surface area contributed by atoms with E-state index in [-0.39, 0.29) is 23.1 Å². The summed E-state index contributed by atoms with van der Waals surface area (Å²) in [5.74, 6) is -0.634. The van der Waals surface area contributed by atoms with Gasteiger partial charge in [0.2, 0.25) is 10.0 Å². The van der Waals surface area contributed by atoms with Crippen molar-refractivity contribution >= 4 is 10.0 Å². The van der Waals surface area contributed by atoms with E-state index in [1.807, 2.05) is 6.92 Å². The first-order chi connectivity index (χ1) is 8.94. The van der Waals surface area contributed by atoms with Crippen molar-refractivity contribution in [2.24, 2.45) is 0 Å². The Morgan fingerprint density at radius 3 is 2.68 bits per heavy atom. The van der Waals surface area contributed by atoms with Gasteiger partial charge in [0, 0.05) is 18.7 Å². The second-order valence-electron chi connectivity index (χ2n) is 4.09. The molecule has 1 rings (SSSR count). The molecule has 0 heterocycles. The van der Waals surface area contributed by atoms with Gasteiger partial charge in [0.05, 0.1) is 18.1 Å². The SMILES string of the molecule is CCC(COC)NS(=O)(=O)c1ccc(F)c(CO)c1. The number of hydrogen-bond donors (Lipinski definition) is 2. The summed E-state index contributed by atoms with van der Waals surface area (Å²) < 4.78 is 44.8. The topological polar surface area (TPSA) is 75.6 Å². The fourth-order valence-electron chi connectivity index (χ4n) is 1.56. The molecule has 1 aromatic carbocycles. The van der Waals surface area contributed by atoms with Crippen molar-refractivity contribution in [3.63, 3.8) is 0 Å². The quantitative estimate of drug-likeness (QED) is 0.786. The number of aliphatic hydroxyl groups is 1. The van der Waals surface area contributed by atoms with Gasteiger partial charge in [-0.25, -0.2) is 17.5 Å². The smallest absolute Gasteiger partial charge is 0.240 e. The third-order valence-corrected chi connectivity index (χ3v) is 4.20. The van der Waals surface area contributed by atoms with Crippen LogP contribution in [0.25, 0.3) is 0 Å². The van der Waals surface area contributed by atoms with E-state index in [4.69, 9.17) is 9.84 Å². The zero-order chi connectivity index (χ0) is 14.5. The van der Waals surface area contributed by atoms with Crippen LogP contribution >= 0.6 is 0 Å². The molecule has 108 valence electrons. The van der Waals surface area contributed by atoms with E-state index in [2.05, 4.69) is 4.72 Å². The maximum Gasteiger partial charge on any atom is 0.240 e. The van der Waals surface area contributed by atoms with Crippen molar-refractivity contribution in [1.29, 1.82) is 0 Å². The van der Waals surface area contributed by atoms with E-state index in [0.29, 0.717) is 6.42 Å². The van der Waals surface area contributed by atoms with E-state index in [9.17, 15) is 12.8 Å². The van der Waals surface area contributed by atoms with Crippen molar-refractivity contribution in [2.75, 3.05) is 13.7 Å². The van der Waals surface area contributed by atoms with E-state index >= 15 is 0 Å². The first-order valence-electron chi connectivity index (χ1n) is 5.85. The fourth-order valence-corrected chi connectivity index (χ4v) is 2.92. The molecule has 0 aromatic heterocycles. The Hall–Kier alpha value is -1.02. The van der Waals surface area contributed by atoms with Crippen LogP contribution in [-0.2, 0) is 21.4 Å². The molecule has 1 aromatic rings. The molecule has 0 fully saturated rings. The monoisotopic (exact) mass is 291 g/mol. The highest BCUT2D eigenvalue weighted by Gasteiger charge is 2.20. The molecule has 0 spiro atoms. The van der Waals surface area contributed by atoms with Crippen LogP contribution in [0.5, 0.6) is 0 Å². The highest BCUT2D eigenvalue weighted by atomic mass is 32.2. The molecule has 5 nitrogen and oxygen atoms in total. The van der Waals surface area contributed by atoms with Crippen LogP contribution in [0.2, 0.25) is 0 Å². The Labute approximate surface area is 112 Å². The summed E-state index contributed by atoms with van der Waals surface area (Å²) in [5.41, 5.74) is -0.0531. The third-order valence-electron chi connectivity index (χ3n) is 2.68.